The van der Waals surface area contributed by atoms with Crippen molar-refractivity contribution in [3.05, 3.63) is 35.0 Å². The van der Waals surface area contributed by atoms with Crippen molar-refractivity contribution in [2.45, 2.75) is 39.0 Å². The molecule has 1 fully saturated rings. The molecule has 7 heteroatoms. The minimum Gasteiger partial charge on any atom is -0.504 e. The monoisotopic (exact) mass is 417 g/mol. The Morgan fingerprint density at radius 3 is 2.83 bits per heavy atom. The lowest BCUT2D eigenvalue weighted by Gasteiger charge is -2.35. The molecule has 3 rings (SSSR count). The predicted molar refractivity (Wildman–Crippen MR) is 114 cm³/mol. The zero-order valence-electron chi connectivity index (χ0n) is 17.1. The number of carbonyl (C=O) groups is 2. The smallest absolute Gasteiger partial charge is 0.336 e. The molecule has 156 valence electrons. The van der Waals surface area contributed by atoms with Gasteiger partial charge >= 0.3 is 5.97 Å². The molecule has 1 saturated carbocycles. The van der Waals surface area contributed by atoms with Gasteiger partial charge < -0.3 is 14.6 Å². The summed E-state index contributed by atoms with van der Waals surface area (Å²) in [7, 11) is 1.47. The normalized spacial score (nSPS) is 21.5. The Morgan fingerprint density at radius 2 is 2.10 bits per heavy atom. The molecule has 0 aromatic heterocycles. The molecule has 0 spiro atoms. The van der Waals surface area contributed by atoms with Gasteiger partial charge in [-0.3, -0.25) is 9.79 Å². The van der Waals surface area contributed by atoms with E-state index in [9.17, 15) is 14.7 Å². The largest absolute Gasteiger partial charge is 0.504 e. The van der Waals surface area contributed by atoms with Gasteiger partial charge in [-0.15, -0.1) is 0 Å². The number of carbonyl (C=O) groups excluding carboxylic acids is 2. The molecule has 0 radical (unpaired) electrons. The maximum atomic E-state index is 13.0. The number of benzene rings is 1. The molecule has 0 amide bonds. The number of esters is 1. The molecule has 0 bridgehead atoms. The van der Waals surface area contributed by atoms with Crippen molar-refractivity contribution in [1.82, 2.24) is 0 Å². The average Bonchev–Trinajstić information content (AvgIpc) is 2.70. The number of hydrogen-bond acceptors (Lipinski definition) is 7. The van der Waals surface area contributed by atoms with E-state index in [0.717, 1.165) is 35.6 Å². The van der Waals surface area contributed by atoms with Gasteiger partial charge in [0.05, 0.1) is 18.6 Å². The van der Waals surface area contributed by atoms with Crippen molar-refractivity contribution in [2.75, 3.05) is 25.2 Å². The number of phenols is 1. The van der Waals surface area contributed by atoms with Crippen LogP contribution in [0.15, 0.2) is 34.5 Å². The maximum Gasteiger partial charge on any atom is 0.336 e. The van der Waals surface area contributed by atoms with E-state index < -0.39 is 17.8 Å². The molecule has 2 aliphatic rings. The first kappa shape index (κ1) is 21.4. The Morgan fingerprint density at radius 1 is 1.31 bits per heavy atom. The van der Waals surface area contributed by atoms with Gasteiger partial charge in [-0.1, -0.05) is 13.0 Å². The van der Waals surface area contributed by atoms with E-state index in [4.69, 9.17) is 9.47 Å². The Bertz CT molecular complexity index is 861. The fourth-order valence-electron chi connectivity index (χ4n) is 4.05. The van der Waals surface area contributed by atoms with E-state index in [1.54, 1.807) is 30.8 Å². The number of methoxy groups -OCH3 is 1. The number of aromatic hydroxyl groups is 1. The summed E-state index contributed by atoms with van der Waals surface area (Å²) in [6.07, 6.45) is 2.00. The lowest BCUT2D eigenvalue weighted by molar-refractivity contribution is -0.139. The van der Waals surface area contributed by atoms with E-state index >= 15 is 0 Å². The number of nitrogens with zero attached hydrogens (tertiary/aromatic N) is 1. The molecule has 1 aliphatic carbocycles. The molecule has 1 aromatic rings. The summed E-state index contributed by atoms with van der Waals surface area (Å²) in [5, 5.41) is 9.99. The van der Waals surface area contributed by atoms with Crippen LogP contribution >= 0.6 is 11.8 Å². The Kier molecular flexibility index (Phi) is 7.00. The summed E-state index contributed by atoms with van der Waals surface area (Å²) in [5.41, 5.74) is 2.58. The SMILES string of the molecule is CCSCCOC(=O)C1=C(C)N=C2CCCC(=O)[C@@H]2[C@H]1c1ccc(O)c(OC)c1. The second-order valence-corrected chi connectivity index (χ2v) is 8.54. The number of hydrogen-bond donors (Lipinski definition) is 1. The number of ketones is 1. The van der Waals surface area contributed by atoms with Gasteiger partial charge in [0.2, 0.25) is 0 Å². The maximum absolute atomic E-state index is 13.0. The van der Waals surface area contributed by atoms with Gasteiger partial charge in [0.25, 0.3) is 0 Å². The summed E-state index contributed by atoms with van der Waals surface area (Å²) in [4.78, 5) is 30.5. The van der Waals surface area contributed by atoms with E-state index in [-0.39, 0.29) is 11.5 Å². The third-order valence-corrected chi connectivity index (χ3v) is 6.22. The van der Waals surface area contributed by atoms with E-state index in [1.807, 2.05) is 0 Å². The highest BCUT2D eigenvalue weighted by atomic mass is 32.2. The molecule has 2 atom stereocenters. The van der Waals surface area contributed by atoms with Crippen LogP contribution in [-0.4, -0.2) is 47.8 Å². The highest BCUT2D eigenvalue weighted by Crippen LogP contribution is 2.44. The average molecular weight is 418 g/mol. The highest BCUT2D eigenvalue weighted by molar-refractivity contribution is 7.99. The van der Waals surface area contributed by atoms with E-state index in [1.165, 1.54) is 13.2 Å². The second kappa shape index (κ2) is 9.48. The van der Waals surface area contributed by atoms with Crippen LogP contribution in [-0.2, 0) is 14.3 Å². The topological polar surface area (TPSA) is 85.2 Å². The number of phenolic OH excluding ortho intramolecular Hbond substituents is 1. The van der Waals surface area contributed by atoms with Gasteiger partial charge in [-0.2, -0.15) is 11.8 Å². The summed E-state index contributed by atoms with van der Waals surface area (Å²) < 4.78 is 10.8. The number of fused-ring (bicyclic) bond motifs is 1. The highest BCUT2D eigenvalue weighted by Gasteiger charge is 2.43. The first-order valence-electron chi connectivity index (χ1n) is 9.90. The van der Waals surface area contributed by atoms with E-state index in [0.29, 0.717) is 30.0 Å². The van der Waals surface area contributed by atoms with Crippen molar-refractivity contribution in [3.63, 3.8) is 0 Å². The number of thioether (sulfide) groups is 1. The van der Waals surface area contributed by atoms with Gasteiger partial charge in [0, 0.05) is 29.5 Å². The summed E-state index contributed by atoms with van der Waals surface area (Å²) in [6.45, 7) is 4.17. The summed E-state index contributed by atoms with van der Waals surface area (Å²) in [6, 6.07) is 4.96. The molecular formula is C22H27NO5S. The van der Waals surface area contributed by atoms with Crippen molar-refractivity contribution >= 4 is 29.2 Å². The van der Waals surface area contributed by atoms with Gasteiger partial charge in [0.15, 0.2) is 11.5 Å². The number of aliphatic imine (C=N–C) groups is 1. The van der Waals surface area contributed by atoms with Crippen LogP contribution in [0.25, 0.3) is 0 Å². The van der Waals surface area contributed by atoms with Crippen LogP contribution in [0.5, 0.6) is 11.5 Å². The summed E-state index contributed by atoms with van der Waals surface area (Å²) >= 11 is 1.70. The van der Waals surface area contributed by atoms with Crippen molar-refractivity contribution in [3.8, 4) is 11.5 Å². The van der Waals surface area contributed by atoms with Gasteiger partial charge in [-0.05, 0) is 43.2 Å². The number of ether oxygens (including phenoxy) is 2. The van der Waals surface area contributed by atoms with Gasteiger partial charge in [-0.25, -0.2) is 4.79 Å². The van der Waals surface area contributed by atoms with Crippen molar-refractivity contribution < 1.29 is 24.2 Å². The van der Waals surface area contributed by atoms with Crippen molar-refractivity contribution in [2.24, 2.45) is 10.9 Å². The molecule has 0 unspecified atom stereocenters. The predicted octanol–water partition coefficient (Wildman–Crippen LogP) is 3.88. The Balaban J connectivity index is 2.03. The molecule has 1 heterocycles. The quantitative estimate of drug-likeness (QED) is 0.535. The standard InChI is InChI=1S/C22H27NO5S/c1-4-29-11-10-28-22(26)19-13(2)23-15-6-5-7-17(25)21(15)20(19)14-8-9-16(24)18(12-14)27-3/h8-9,12,20-21,24H,4-7,10-11H2,1-3H3/t20-,21+/m0/s1. The number of Topliss-reactive ketones (excluding diaryl/α,β-unsaturated/α-hetero) is 1. The third-order valence-electron chi connectivity index (χ3n) is 5.36. The molecule has 1 N–H and O–H groups in total. The lowest BCUT2D eigenvalue weighted by Crippen LogP contribution is -2.39. The first-order chi connectivity index (χ1) is 14.0. The van der Waals surface area contributed by atoms with E-state index in [2.05, 4.69) is 11.9 Å². The third kappa shape index (κ3) is 4.50. The lowest BCUT2D eigenvalue weighted by atomic mass is 9.69. The first-order valence-corrected chi connectivity index (χ1v) is 11.1. The Hall–Kier alpha value is -2.28. The molecule has 6 nitrogen and oxygen atoms in total. The van der Waals surface area contributed by atoms with Gasteiger partial charge in [0.1, 0.15) is 12.4 Å². The fourth-order valence-corrected chi connectivity index (χ4v) is 4.54. The zero-order chi connectivity index (χ0) is 21.0. The fraction of sp³-hybridized carbons (Fsp3) is 0.500. The van der Waals surface area contributed by atoms with Crippen LogP contribution in [0.3, 0.4) is 0 Å². The molecular weight excluding hydrogens is 390 g/mol. The molecule has 1 aliphatic heterocycles. The van der Waals surface area contributed by atoms with Crippen LogP contribution in [0, 0.1) is 5.92 Å². The minimum absolute atomic E-state index is 0.0114. The zero-order valence-corrected chi connectivity index (χ0v) is 17.9. The number of allylic oxidation sites excluding steroid dienone is 1. The second-order valence-electron chi connectivity index (χ2n) is 7.14. The van der Waals surface area contributed by atoms with Crippen LogP contribution < -0.4 is 4.74 Å². The Labute approximate surface area is 175 Å². The van der Waals surface area contributed by atoms with Crippen LogP contribution in [0.1, 0.15) is 44.6 Å². The van der Waals surface area contributed by atoms with Crippen LogP contribution in [0.2, 0.25) is 0 Å². The molecule has 0 saturated heterocycles. The van der Waals surface area contributed by atoms with Crippen molar-refractivity contribution in [1.29, 1.82) is 0 Å². The molecule has 29 heavy (non-hydrogen) atoms. The molecule has 1 aromatic carbocycles. The number of rotatable bonds is 7. The summed E-state index contributed by atoms with van der Waals surface area (Å²) in [5.74, 6) is 0.689. The van der Waals surface area contributed by atoms with Crippen LogP contribution in [0.4, 0.5) is 0 Å². The minimum atomic E-state index is -0.490.